The molecule has 0 aromatic heterocycles. The van der Waals surface area contributed by atoms with E-state index >= 15 is 0 Å². The largest absolute Gasteiger partial charge is 0.493 e. The Bertz CT molecular complexity index is 1410. The van der Waals surface area contributed by atoms with Crippen LogP contribution < -0.4 is 9.47 Å². The minimum absolute atomic E-state index is 0.212. The zero-order chi connectivity index (χ0) is 28.2. The van der Waals surface area contributed by atoms with Crippen LogP contribution in [0.2, 0.25) is 0 Å². The van der Waals surface area contributed by atoms with E-state index in [1.165, 1.54) is 19.2 Å². The molecule has 0 aliphatic carbocycles. The molecule has 0 aliphatic heterocycles. The Kier molecular flexibility index (Phi) is 10.5. The minimum atomic E-state index is -0.273. The molecule has 0 spiro atoms. The number of hydrogen-bond donors (Lipinski definition) is 0. The molecular formula is C35H35FO4. The summed E-state index contributed by atoms with van der Waals surface area (Å²) >= 11 is 0. The molecule has 0 radical (unpaired) electrons. The molecule has 0 heterocycles. The molecule has 0 bridgehead atoms. The lowest BCUT2D eigenvalue weighted by Crippen LogP contribution is -2.03. The van der Waals surface area contributed by atoms with Gasteiger partial charge in [0.2, 0.25) is 0 Å². The van der Waals surface area contributed by atoms with Crippen LogP contribution in [0.25, 0.3) is 17.2 Å². The van der Waals surface area contributed by atoms with Crippen molar-refractivity contribution >= 4 is 12.0 Å². The highest BCUT2D eigenvalue weighted by Crippen LogP contribution is 2.37. The Balaban J connectivity index is 1.48. The molecule has 4 rings (SSSR count). The van der Waals surface area contributed by atoms with Crippen LogP contribution in [0.4, 0.5) is 4.39 Å². The molecule has 40 heavy (non-hydrogen) atoms. The first-order valence-electron chi connectivity index (χ1n) is 13.6. The van der Waals surface area contributed by atoms with Crippen LogP contribution in [0, 0.1) is 5.82 Å². The lowest BCUT2D eigenvalue weighted by molar-refractivity contribution is -0.140. The highest BCUT2D eigenvalue weighted by Gasteiger charge is 2.14. The van der Waals surface area contributed by atoms with E-state index in [0.29, 0.717) is 38.2 Å². The first-order chi connectivity index (χ1) is 19.6. The predicted octanol–water partition coefficient (Wildman–Crippen LogP) is 8.22. The second-order valence-corrected chi connectivity index (χ2v) is 9.41. The molecule has 0 N–H and O–H groups in total. The molecule has 4 aromatic carbocycles. The van der Waals surface area contributed by atoms with Crippen molar-refractivity contribution in [1.29, 1.82) is 0 Å². The molecule has 4 aromatic rings. The maximum atomic E-state index is 13.6. The van der Waals surface area contributed by atoms with Crippen LogP contribution in [0.5, 0.6) is 11.5 Å². The number of benzene rings is 4. The van der Waals surface area contributed by atoms with Gasteiger partial charge in [-0.15, -0.1) is 0 Å². The average molecular weight is 539 g/mol. The lowest BCUT2D eigenvalue weighted by atomic mass is 9.99. The number of ether oxygens (including phenoxy) is 3. The smallest absolute Gasteiger partial charge is 0.305 e. The second kappa shape index (κ2) is 14.7. The molecule has 0 amide bonds. The van der Waals surface area contributed by atoms with Gasteiger partial charge in [-0.3, -0.25) is 4.79 Å². The number of rotatable bonds is 13. The fraction of sp³-hybridized carbons (Fsp3) is 0.229. The van der Waals surface area contributed by atoms with Crippen LogP contribution in [-0.2, 0) is 29.0 Å². The van der Waals surface area contributed by atoms with Crippen molar-refractivity contribution in [3.05, 3.63) is 125 Å². The van der Waals surface area contributed by atoms with Crippen LogP contribution in [0.15, 0.2) is 97.1 Å². The second-order valence-electron chi connectivity index (χ2n) is 9.41. The minimum Gasteiger partial charge on any atom is -0.493 e. The van der Waals surface area contributed by atoms with Gasteiger partial charge >= 0.3 is 5.97 Å². The van der Waals surface area contributed by atoms with Gasteiger partial charge in [0.15, 0.2) is 0 Å². The molecule has 0 saturated carbocycles. The van der Waals surface area contributed by atoms with Crippen LogP contribution >= 0.6 is 0 Å². The first kappa shape index (κ1) is 28.6. The summed E-state index contributed by atoms with van der Waals surface area (Å²) in [5, 5.41) is 0. The fourth-order valence-corrected chi connectivity index (χ4v) is 4.44. The van der Waals surface area contributed by atoms with E-state index in [2.05, 4.69) is 25.1 Å². The zero-order valence-corrected chi connectivity index (χ0v) is 23.1. The molecule has 0 saturated heterocycles. The van der Waals surface area contributed by atoms with Crippen molar-refractivity contribution in [3.63, 3.8) is 0 Å². The Hall–Kier alpha value is -4.38. The van der Waals surface area contributed by atoms with Gasteiger partial charge in [-0.1, -0.05) is 85.8 Å². The molecule has 5 heteroatoms. The number of methoxy groups -OCH3 is 1. The van der Waals surface area contributed by atoms with E-state index in [1.807, 2.05) is 60.7 Å². The summed E-state index contributed by atoms with van der Waals surface area (Å²) in [4.78, 5) is 11.6. The highest BCUT2D eigenvalue weighted by atomic mass is 19.1. The third-order valence-electron chi connectivity index (χ3n) is 6.66. The normalized spacial score (nSPS) is 11.0. The van der Waals surface area contributed by atoms with Gasteiger partial charge in [-0.25, -0.2) is 4.39 Å². The van der Waals surface area contributed by atoms with Gasteiger partial charge in [0.05, 0.1) is 13.7 Å². The van der Waals surface area contributed by atoms with Crippen molar-refractivity contribution in [2.75, 3.05) is 13.7 Å². The Morgan fingerprint density at radius 3 is 2.35 bits per heavy atom. The van der Waals surface area contributed by atoms with E-state index in [-0.39, 0.29) is 11.8 Å². The average Bonchev–Trinajstić information content (AvgIpc) is 3.00. The summed E-state index contributed by atoms with van der Waals surface area (Å²) < 4.78 is 30.9. The third kappa shape index (κ3) is 8.06. The van der Waals surface area contributed by atoms with Crippen LogP contribution in [0.3, 0.4) is 0 Å². The van der Waals surface area contributed by atoms with E-state index < -0.39 is 0 Å². The topological polar surface area (TPSA) is 44.8 Å². The highest BCUT2D eigenvalue weighted by molar-refractivity contribution is 5.73. The maximum Gasteiger partial charge on any atom is 0.305 e. The summed E-state index contributed by atoms with van der Waals surface area (Å²) in [5.41, 5.74) is 6.11. The van der Waals surface area contributed by atoms with Gasteiger partial charge in [-0.2, -0.15) is 0 Å². The summed E-state index contributed by atoms with van der Waals surface area (Å²) in [7, 11) is 1.41. The number of esters is 1. The van der Waals surface area contributed by atoms with Crippen molar-refractivity contribution in [3.8, 4) is 22.6 Å². The van der Waals surface area contributed by atoms with Gasteiger partial charge < -0.3 is 14.2 Å². The van der Waals surface area contributed by atoms with E-state index in [0.717, 1.165) is 45.6 Å². The molecule has 0 unspecified atom stereocenters. The lowest BCUT2D eigenvalue weighted by Gasteiger charge is -2.17. The van der Waals surface area contributed by atoms with E-state index in [9.17, 15) is 9.18 Å². The van der Waals surface area contributed by atoms with Crippen molar-refractivity contribution in [2.24, 2.45) is 0 Å². The third-order valence-corrected chi connectivity index (χ3v) is 6.66. The first-order valence-corrected chi connectivity index (χ1v) is 13.6. The molecule has 0 aliphatic rings. The molecule has 4 nitrogen and oxygen atoms in total. The fourth-order valence-electron chi connectivity index (χ4n) is 4.44. The number of carbonyl (C=O) groups is 1. The van der Waals surface area contributed by atoms with Gasteiger partial charge in [-0.05, 0) is 65.3 Å². The summed E-state index contributed by atoms with van der Waals surface area (Å²) in [6.07, 6.45) is 6.65. The summed E-state index contributed by atoms with van der Waals surface area (Å²) in [5.74, 6) is 0.989. The number of aryl methyl sites for hydroxylation is 2. The quantitative estimate of drug-likeness (QED) is 0.127. The Labute approximate surface area is 236 Å². The van der Waals surface area contributed by atoms with E-state index in [4.69, 9.17) is 14.2 Å². The Morgan fingerprint density at radius 2 is 1.60 bits per heavy atom. The molecule has 206 valence electrons. The van der Waals surface area contributed by atoms with Crippen LogP contribution in [0.1, 0.15) is 42.0 Å². The van der Waals surface area contributed by atoms with E-state index in [1.54, 1.807) is 12.1 Å². The number of hydrogen-bond acceptors (Lipinski definition) is 4. The SMILES string of the molecule is CCc1cc(-c2ccc(F)cc2)c(OCc2ccccc2)cc1OCCC=Cc1ccccc1CCC(=O)OC. The van der Waals surface area contributed by atoms with Crippen molar-refractivity contribution < 1.29 is 23.4 Å². The monoisotopic (exact) mass is 538 g/mol. The molecule has 0 atom stereocenters. The Morgan fingerprint density at radius 1 is 0.850 bits per heavy atom. The standard InChI is InChI=1S/C35H35FO4/c1-3-27-23-32(30-16-19-31(36)20-17-30)34(40-25-26-11-5-4-6-12-26)24-33(27)39-22-10-9-15-28-13-7-8-14-29(28)18-21-35(37)38-2/h4-9,11-17,19-20,23-24H,3,10,18,21-22,25H2,1-2H3. The zero-order valence-electron chi connectivity index (χ0n) is 23.1. The van der Waals surface area contributed by atoms with Crippen LogP contribution in [-0.4, -0.2) is 19.7 Å². The number of halogens is 1. The molecule has 0 fully saturated rings. The van der Waals surface area contributed by atoms with Gasteiger partial charge in [0.25, 0.3) is 0 Å². The van der Waals surface area contributed by atoms with Crippen molar-refractivity contribution in [2.45, 2.75) is 39.2 Å². The predicted molar refractivity (Wildman–Crippen MR) is 158 cm³/mol. The van der Waals surface area contributed by atoms with Gasteiger partial charge in [0.1, 0.15) is 23.9 Å². The number of carbonyl (C=O) groups excluding carboxylic acids is 1. The van der Waals surface area contributed by atoms with Crippen molar-refractivity contribution in [1.82, 2.24) is 0 Å². The summed E-state index contributed by atoms with van der Waals surface area (Å²) in [6.45, 7) is 3.01. The molecular weight excluding hydrogens is 503 g/mol. The van der Waals surface area contributed by atoms with Gasteiger partial charge in [0, 0.05) is 18.1 Å². The summed E-state index contributed by atoms with van der Waals surface area (Å²) in [6, 6.07) is 28.5. The maximum absolute atomic E-state index is 13.6.